The number of benzene rings is 2. The molecule has 2 atom stereocenters. The van der Waals surface area contributed by atoms with Gasteiger partial charge in [-0.05, 0) is 90.8 Å². The van der Waals surface area contributed by atoms with Crippen LogP contribution < -0.4 is 5.32 Å². The van der Waals surface area contributed by atoms with Gasteiger partial charge in [-0.15, -0.1) is 0 Å². The second kappa shape index (κ2) is 8.47. The maximum Gasteiger partial charge on any atom is 0.127 e. The van der Waals surface area contributed by atoms with Gasteiger partial charge in [-0.1, -0.05) is 63.2 Å². The van der Waals surface area contributed by atoms with Crippen LogP contribution >= 0.6 is 0 Å². The van der Waals surface area contributed by atoms with Crippen LogP contribution in [0.3, 0.4) is 0 Å². The predicted octanol–water partition coefficient (Wildman–Crippen LogP) is 6.88. The highest BCUT2D eigenvalue weighted by Crippen LogP contribution is 2.54. The Balaban J connectivity index is 1.34. The van der Waals surface area contributed by atoms with E-state index in [2.05, 4.69) is 88.5 Å². The van der Waals surface area contributed by atoms with Crippen molar-refractivity contribution in [3.8, 4) is 0 Å². The first-order valence-corrected chi connectivity index (χ1v) is 12.7. The van der Waals surface area contributed by atoms with Crippen molar-refractivity contribution in [1.29, 1.82) is 0 Å². The summed E-state index contributed by atoms with van der Waals surface area (Å²) in [4.78, 5) is 0. The average molecular weight is 442 g/mol. The molecule has 2 aromatic rings. The van der Waals surface area contributed by atoms with Crippen molar-refractivity contribution in [1.82, 2.24) is 5.32 Å². The van der Waals surface area contributed by atoms with Gasteiger partial charge in [0, 0.05) is 23.6 Å². The van der Waals surface area contributed by atoms with E-state index >= 15 is 0 Å². The lowest BCUT2D eigenvalue weighted by Gasteiger charge is -2.30. The van der Waals surface area contributed by atoms with Gasteiger partial charge in [-0.25, -0.2) is 0 Å². The molecular weight excluding hydrogens is 402 g/mol. The molecule has 2 aromatic carbocycles. The number of hydrogen-bond acceptors (Lipinski definition) is 2. The maximum atomic E-state index is 5.85. The predicted molar refractivity (Wildman–Crippen MR) is 138 cm³/mol. The molecule has 2 nitrogen and oxygen atoms in total. The van der Waals surface area contributed by atoms with Crippen molar-refractivity contribution in [3.63, 3.8) is 0 Å². The zero-order chi connectivity index (χ0) is 23.2. The maximum absolute atomic E-state index is 5.85. The van der Waals surface area contributed by atoms with Crippen LogP contribution in [0.15, 0.2) is 54.6 Å². The number of rotatable bonds is 7. The monoisotopic (exact) mass is 441 g/mol. The molecule has 1 N–H and O–H groups in total. The van der Waals surface area contributed by atoms with Crippen LogP contribution in [0, 0.1) is 25.2 Å². The van der Waals surface area contributed by atoms with Crippen LogP contribution in [-0.2, 0) is 16.6 Å². The summed E-state index contributed by atoms with van der Waals surface area (Å²) in [5.74, 6) is 1.73. The minimum Gasteiger partial charge on any atom is -0.489 e. The highest BCUT2D eigenvalue weighted by atomic mass is 16.5. The van der Waals surface area contributed by atoms with E-state index in [4.69, 9.17) is 4.74 Å². The van der Waals surface area contributed by atoms with Crippen molar-refractivity contribution < 1.29 is 4.74 Å². The van der Waals surface area contributed by atoms with Crippen LogP contribution in [0.5, 0.6) is 0 Å². The lowest BCUT2D eigenvalue weighted by molar-refractivity contribution is 0.222. The van der Waals surface area contributed by atoms with E-state index in [0.717, 1.165) is 17.7 Å². The lowest BCUT2D eigenvalue weighted by atomic mass is 9.75. The van der Waals surface area contributed by atoms with Gasteiger partial charge < -0.3 is 10.1 Å². The van der Waals surface area contributed by atoms with Gasteiger partial charge in [0.05, 0.1) is 0 Å². The van der Waals surface area contributed by atoms with Crippen molar-refractivity contribution in [2.75, 3.05) is 13.2 Å². The Bertz CT molecular complexity index is 1090. The third-order valence-corrected chi connectivity index (χ3v) is 8.17. The third kappa shape index (κ3) is 4.55. The highest BCUT2D eigenvalue weighted by molar-refractivity contribution is 5.66. The number of ether oxygens (including phenoxy) is 1. The molecule has 33 heavy (non-hydrogen) atoms. The smallest absolute Gasteiger partial charge is 0.127 e. The zero-order valence-electron chi connectivity index (χ0n) is 21.0. The van der Waals surface area contributed by atoms with Crippen molar-refractivity contribution in [2.45, 2.75) is 71.8 Å². The fourth-order valence-corrected chi connectivity index (χ4v) is 5.85. The zero-order valence-corrected chi connectivity index (χ0v) is 21.0. The summed E-state index contributed by atoms with van der Waals surface area (Å²) in [5.41, 5.74) is 8.99. The SMILES string of the molecule is Cc1cc(C2(c3ccc(C4=CC=CCO4)c(C)c3)CC2)ccc1CCC(C1CN1)C(C)(C)C. The fraction of sp³-hybridized carbons (Fsp3) is 0.484. The van der Waals surface area contributed by atoms with Gasteiger partial charge in [-0.2, -0.15) is 0 Å². The summed E-state index contributed by atoms with van der Waals surface area (Å²) in [6.45, 7) is 13.6. The van der Waals surface area contributed by atoms with Crippen LogP contribution in [0.1, 0.15) is 73.4 Å². The fourth-order valence-electron chi connectivity index (χ4n) is 5.85. The molecule has 1 saturated heterocycles. The van der Waals surface area contributed by atoms with Crippen molar-refractivity contribution >= 4 is 5.76 Å². The molecule has 2 fully saturated rings. The topological polar surface area (TPSA) is 31.2 Å². The van der Waals surface area contributed by atoms with Gasteiger partial charge >= 0.3 is 0 Å². The Morgan fingerprint density at radius 2 is 1.73 bits per heavy atom. The molecule has 2 heteroatoms. The largest absolute Gasteiger partial charge is 0.489 e. The van der Waals surface area contributed by atoms with E-state index in [1.165, 1.54) is 65.6 Å². The Morgan fingerprint density at radius 3 is 2.27 bits per heavy atom. The Morgan fingerprint density at radius 1 is 1.03 bits per heavy atom. The summed E-state index contributed by atoms with van der Waals surface area (Å²) in [6.07, 6.45) is 11.1. The average Bonchev–Trinajstić information content (AvgIpc) is 3.69. The molecule has 1 saturated carbocycles. The van der Waals surface area contributed by atoms with Crippen LogP contribution in [-0.4, -0.2) is 19.2 Å². The minimum absolute atomic E-state index is 0.195. The lowest BCUT2D eigenvalue weighted by Crippen LogP contribution is -2.27. The van der Waals surface area contributed by atoms with E-state index in [1.807, 2.05) is 6.08 Å². The molecular formula is C31H39NO. The Hall–Kier alpha value is -2.32. The van der Waals surface area contributed by atoms with Gasteiger partial charge in [0.15, 0.2) is 0 Å². The summed E-state index contributed by atoms with van der Waals surface area (Å²) in [7, 11) is 0. The second-order valence-electron chi connectivity index (χ2n) is 11.5. The molecule has 3 aliphatic rings. The molecule has 0 aromatic heterocycles. The number of allylic oxidation sites excluding steroid dienone is 2. The first-order valence-electron chi connectivity index (χ1n) is 12.7. The highest BCUT2D eigenvalue weighted by Gasteiger charge is 2.46. The molecule has 1 aliphatic carbocycles. The van der Waals surface area contributed by atoms with Gasteiger partial charge in [0.25, 0.3) is 0 Å². The molecule has 0 radical (unpaired) electrons. The van der Waals surface area contributed by atoms with Crippen molar-refractivity contribution in [3.05, 3.63) is 88.0 Å². The third-order valence-electron chi connectivity index (χ3n) is 8.17. The number of hydrogen-bond donors (Lipinski definition) is 1. The van der Waals surface area contributed by atoms with E-state index in [9.17, 15) is 0 Å². The first-order chi connectivity index (χ1) is 15.8. The molecule has 174 valence electrons. The van der Waals surface area contributed by atoms with E-state index in [-0.39, 0.29) is 5.41 Å². The Labute approximate surface area is 200 Å². The van der Waals surface area contributed by atoms with Crippen molar-refractivity contribution in [2.24, 2.45) is 11.3 Å². The van der Waals surface area contributed by atoms with E-state index < -0.39 is 0 Å². The van der Waals surface area contributed by atoms with Gasteiger partial charge in [0.2, 0.25) is 0 Å². The molecule has 0 spiro atoms. The molecule has 5 rings (SSSR count). The van der Waals surface area contributed by atoms with E-state index in [0.29, 0.717) is 12.0 Å². The number of nitrogens with one attached hydrogen (secondary N) is 1. The minimum atomic E-state index is 0.195. The standard InChI is InChI=1S/C31H39NO/c1-21-18-24(11-9-23(21)10-14-27(28-20-32-28)30(3,4)5)31(15-16-31)25-12-13-26(22(2)19-25)29-8-6-7-17-33-29/h6-9,11-13,18-19,27-28,32H,10,14-17,20H2,1-5H3. The van der Waals surface area contributed by atoms with Crippen LogP contribution in [0.25, 0.3) is 5.76 Å². The first kappa shape index (κ1) is 22.5. The molecule has 2 aliphatic heterocycles. The summed E-state index contributed by atoms with van der Waals surface area (Å²) < 4.78 is 5.85. The van der Waals surface area contributed by atoms with Gasteiger partial charge in [0.1, 0.15) is 12.4 Å². The van der Waals surface area contributed by atoms with E-state index in [1.54, 1.807) is 0 Å². The van der Waals surface area contributed by atoms with Crippen LogP contribution in [0.4, 0.5) is 0 Å². The quantitative estimate of drug-likeness (QED) is 0.475. The van der Waals surface area contributed by atoms with Crippen LogP contribution in [0.2, 0.25) is 0 Å². The molecule has 0 amide bonds. The van der Waals surface area contributed by atoms with Gasteiger partial charge in [-0.3, -0.25) is 0 Å². The Kier molecular flexibility index (Phi) is 5.77. The summed E-state index contributed by atoms with van der Waals surface area (Å²) in [6, 6.07) is 15.0. The molecule has 2 unspecified atom stereocenters. The molecule has 0 bridgehead atoms. The summed E-state index contributed by atoms with van der Waals surface area (Å²) >= 11 is 0. The second-order valence-corrected chi connectivity index (χ2v) is 11.5. The molecule has 2 heterocycles. The summed E-state index contributed by atoms with van der Waals surface area (Å²) in [5, 5.41) is 3.56. The number of aryl methyl sites for hydroxylation is 3. The normalized spacial score (nSPS) is 21.8.